The van der Waals surface area contributed by atoms with Crippen LogP contribution in [-0.2, 0) is 7.05 Å². The SMILES string of the molecule is Cn1cc2c(Cl)cc(C3CC3)nc2n1. The molecule has 0 unspecified atom stereocenters. The smallest absolute Gasteiger partial charge is 0.182 e. The molecule has 1 fully saturated rings. The number of aromatic nitrogens is 3. The molecule has 3 rings (SSSR count). The van der Waals surface area contributed by atoms with Gasteiger partial charge < -0.3 is 0 Å². The lowest BCUT2D eigenvalue weighted by molar-refractivity contribution is 0.774. The number of rotatable bonds is 1. The summed E-state index contributed by atoms with van der Waals surface area (Å²) in [5, 5.41) is 5.98. The molecule has 2 aromatic rings. The molecule has 1 aliphatic carbocycles. The summed E-state index contributed by atoms with van der Waals surface area (Å²) < 4.78 is 1.75. The predicted molar refractivity (Wildman–Crippen MR) is 55.5 cm³/mol. The van der Waals surface area contributed by atoms with Crippen LogP contribution in [0.5, 0.6) is 0 Å². The van der Waals surface area contributed by atoms with E-state index in [0.717, 1.165) is 21.7 Å². The number of hydrogen-bond acceptors (Lipinski definition) is 2. The highest BCUT2D eigenvalue weighted by Crippen LogP contribution is 2.40. The van der Waals surface area contributed by atoms with E-state index < -0.39 is 0 Å². The molecule has 0 spiro atoms. The highest BCUT2D eigenvalue weighted by molar-refractivity contribution is 6.35. The van der Waals surface area contributed by atoms with Crippen molar-refractivity contribution in [1.29, 1.82) is 0 Å². The molecular weight excluding hydrogens is 198 g/mol. The van der Waals surface area contributed by atoms with E-state index in [1.54, 1.807) is 4.68 Å². The molecule has 0 radical (unpaired) electrons. The van der Waals surface area contributed by atoms with Crippen LogP contribution >= 0.6 is 11.6 Å². The van der Waals surface area contributed by atoms with Gasteiger partial charge in [-0.2, -0.15) is 5.10 Å². The van der Waals surface area contributed by atoms with E-state index in [1.165, 1.54) is 12.8 Å². The molecule has 1 aliphatic rings. The van der Waals surface area contributed by atoms with Gasteiger partial charge in [0, 0.05) is 24.9 Å². The molecule has 2 aromatic heterocycles. The van der Waals surface area contributed by atoms with Crippen LogP contribution < -0.4 is 0 Å². The maximum Gasteiger partial charge on any atom is 0.182 e. The normalized spacial score (nSPS) is 16.4. The topological polar surface area (TPSA) is 30.7 Å². The summed E-state index contributed by atoms with van der Waals surface area (Å²) in [6, 6.07) is 1.98. The molecule has 3 nitrogen and oxygen atoms in total. The van der Waals surface area contributed by atoms with Crippen molar-refractivity contribution in [1.82, 2.24) is 14.8 Å². The fraction of sp³-hybridized carbons (Fsp3) is 0.400. The molecular formula is C10H10ClN3. The maximum absolute atomic E-state index is 6.15. The molecule has 72 valence electrons. The van der Waals surface area contributed by atoms with E-state index >= 15 is 0 Å². The fourth-order valence-electron chi connectivity index (χ4n) is 1.68. The zero-order chi connectivity index (χ0) is 9.71. The Hall–Kier alpha value is -1.09. The zero-order valence-corrected chi connectivity index (χ0v) is 8.62. The van der Waals surface area contributed by atoms with Gasteiger partial charge in [-0.05, 0) is 18.9 Å². The maximum atomic E-state index is 6.15. The van der Waals surface area contributed by atoms with Crippen molar-refractivity contribution in [3.05, 3.63) is 23.0 Å². The van der Waals surface area contributed by atoms with Gasteiger partial charge >= 0.3 is 0 Å². The molecule has 0 aliphatic heterocycles. The molecule has 0 amide bonds. The summed E-state index contributed by atoms with van der Waals surface area (Å²) in [5.74, 6) is 0.624. The Balaban J connectivity index is 2.26. The average Bonchev–Trinajstić information content (AvgIpc) is 2.89. The largest absolute Gasteiger partial charge is 0.273 e. The Kier molecular flexibility index (Phi) is 1.59. The first-order chi connectivity index (χ1) is 6.74. The van der Waals surface area contributed by atoms with Crippen molar-refractivity contribution in [2.24, 2.45) is 7.05 Å². The number of fused-ring (bicyclic) bond motifs is 1. The van der Waals surface area contributed by atoms with E-state index in [9.17, 15) is 0 Å². The number of hydrogen-bond donors (Lipinski definition) is 0. The van der Waals surface area contributed by atoms with Crippen molar-refractivity contribution >= 4 is 22.6 Å². The number of nitrogens with zero attached hydrogens (tertiary/aromatic N) is 3. The van der Waals surface area contributed by atoms with Gasteiger partial charge in [0.05, 0.1) is 10.4 Å². The van der Waals surface area contributed by atoms with Gasteiger partial charge in [-0.25, -0.2) is 4.98 Å². The van der Waals surface area contributed by atoms with Crippen LogP contribution in [0.1, 0.15) is 24.5 Å². The zero-order valence-electron chi connectivity index (χ0n) is 7.87. The van der Waals surface area contributed by atoms with Gasteiger partial charge in [0.1, 0.15) is 0 Å². The third-order valence-corrected chi connectivity index (χ3v) is 2.88. The lowest BCUT2D eigenvalue weighted by Gasteiger charge is -1.97. The van der Waals surface area contributed by atoms with Crippen molar-refractivity contribution in [2.75, 3.05) is 0 Å². The second-order valence-corrected chi connectivity index (χ2v) is 4.25. The minimum Gasteiger partial charge on any atom is -0.273 e. The van der Waals surface area contributed by atoms with Crippen LogP contribution in [-0.4, -0.2) is 14.8 Å². The van der Waals surface area contributed by atoms with Crippen LogP contribution in [0.2, 0.25) is 5.02 Å². The van der Waals surface area contributed by atoms with Gasteiger partial charge in [0.25, 0.3) is 0 Å². The first-order valence-electron chi connectivity index (χ1n) is 4.74. The van der Waals surface area contributed by atoms with E-state index in [2.05, 4.69) is 10.1 Å². The van der Waals surface area contributed by atoms with Crippen LogP contribution in [0.25, 0.3) is 11.0 Å². The third-order valence-electron chi connectivity index (χ3n) is 2.57. The van der Waals surface area contributed by atoms with Crippen molar-refractivity contribution in [3.8, 4) is 0 Å². The van der Waals surface area contributed by atoms with E-state index in [-0.39, 0.29) is 0 Å². The van der Waals surface area contributed by atoms with Crippen LogP contribution in [0, 0.1) is 0 Å². The van der Waals surface area contributed by atoms with Crippen molar-refractivity contribution in [3.63, 3.8) is 0 Å². The minimum atomic E-state index is 0.624. The summed E-state index contributed by atoms with van der Waals surface area (Å²) in [4.78, 5) is 4.50. The summed E-state index contributed by atoms with van der Waals surface area (Å²) in [6.07, 6.45) is 4.38. The van der Waals surface area contributed by atoms with E-state index in [1.807, 2.05) is 19.3 Å². The lowest BCUT2D eigenvalue weighted by Crippen LogP contribution is -1.89. The summed E-state index contributed by atoms with van der Waals surface area (Å²) >= 11 is 6.15. The van der Waals surface area contributed by atoms with Gasteiger partial charge in [0.15, 0.2) is 5.65 Å². The Labute approximate surface area is 86.7 Å². The summed E-state index contributed by atoms with van der Waals surface area (Å²) in [6.45, 7) is 0. The van der Waals surface area contributed by atoms with Gasteiger partial charge in [0.2, 0.25) is 0 Å². The first-order valence-corrected chi connectivity index (χ1v) is 5.11. The summed E-state index contributed by atoms with van der Waals surface area (Å²) in [7, 11) is 1.88. The highest BCUT2D eigenvalue weighted by atomic mass is 35.5. The van der Waals surface area contributed by atoms with Crippen LogP contribution in [0.15, 0.2) is 12.3 Å². The number of aryl methyl sites for hydroxylation is 1. The molecule has 14 heavy (non-hydrogen) atoms. The molecule has 4 heteroatoms. The molecule has 0 saturated heterocycles. The number of halogens is 1. The molecule has 0 bridgehead atoms. The summed E-state index contributed by atoms with van der Waals surface area (Å²) in [5.41, 5.74) is 1.86. The molecule has 0 N–H and O–H groups in total. The second-order valence-electron chi connectivity index (χ2n) is 3.84. The van der Waals surface area contributed by atoms with Gasteiger partial charge in [-0.15, -0.1) is 0 Å². The Bertz CT molecular complexity index is 499. The Morgan fingerprint density at radius 2 is 2.29 bits per heavy atom. The second kappa shape index (κ2) is 2.70. The minimum absolute atomic E-state index is 0.624. The monoisotopic (exact) mass is 207 g/mol. The molecule has 1 saturated carbocycles. The van der Waals surface area contributed by atoms with Crippen molar-refractivity contribution < 1.29 is 0 Å². The van der Waals surface area contributed by atoms with E-state index in [4.69, 9.17) is 11.6 Å². The highest BCUT2D eigenvalue weighted by Gasteiger charge is 2.26. The molecule has 2 heterocycles. The molecule has 0 aromatic carbocycles. The fourth-order valence-corrected chi connectivity index (χ4v) is 1.92. The standard InChI is InChI=1S/C10H10ClN3/c1-14-5-7-8(11)4-9(6-2-3-6)12-10(7)13-14/h4-6H,2-3H2,1H3. The number of pyridine rings is 1. The van der Waals surface area contributed by atoms with Crippen LogP contribution in [0.3, 0.4) is 0 Å². The van der Waals surface area contributed by atoms with Crippen LogP contribution in [0.4, 0.5) is 0 Å². The van der Waals surface area contributed by atoms with Gasteiger partial charge in [-0.1, -0.05) is 11.6 Å². The lowest BCUT2D eigenvalue weighted by atomic mass is 10.2. The Morgan fingerprint density at radius 3 is 3.00 bits per heavy atom. The van der Waals surface area contributed by atoms with Gasteiger partial charge in [-0.3, -0.25) is 4.68 Å². The first kappa shape index (κ1) is 8.24. The predicted octanol–water partition coefficient (Wildman–Crippen LogP) is 2.50. The third kappa shape index (κ3) is 1.20. The Morgan fingerprint density at radius 1 is 1.50 bits per heavy atom. The molecule has 0 atom stereocenters. The average molecular weight is 208 g/mol. The van der Waals surface area contributed by atoms with Crippen molar-refractivity contribution in [2.45, 2.75) is 18.8 Å². The quantitative estimate of drug-likeness (QED) is 0.720. The van der Waals surface area contributed by atoms with E-state index in [0.29, 0.717) is 5.92 Å².